The number of hydrogen-bond acceptors (Lipinski definition) is 2. The summed E-state index contributed by atoms with van der Waals surface area (Å²) in [5.41, 5.74) is 26.2. The number of anilines is 3. The van der Waals surface area contributed by atoms with E-state index in [2.05, 4.69) is 212 Å². The van der Waals surface area contributed by atoms with Crippen LogP contribution >= 0.6 is 11.8 Å². The van der Waals surface area contributed by atoms with Gasteiger partial charge in [-0.2, -0.15) is 0 Å². The Morgan fingerprint density at radius 1 is 0.402 bits per heavy atom. The van der Waals surface area contributed by atoms with Gasteiger partial charge in [-0.3, -0.25) is 0 Å². The van der Waals surface area contributed by atoms with E-state index in [-0.39, 0.29) is 36.3 Å². The summed E-state index contributed by atoms with van der Waals surface area (Å²) in [7, 11) is 0. The molecule has 10 aromatic carbocycles. The van der Waals surface area contributed by atoms with Crippen molar-refractivity contribution in [2.24, 2.45) is 0 Å². The number of fused-ring (bicyclic) bond motifs is 7. The molecule has 92 heavy (non-hydrogen) atoms. The van der Waals surface area contributed by atoms with Gasteiger partial charge in [-0.25, -0.2) is 0 Å². The van der Waals surface area contributed by atoms with Crippen molar-refractivity contribution in [2.45, 2.75) is 188 Å². The summed E-state index contributed by atoms with van der Waals surface area (Å²) in [6.45, 7) is 6.47. The highest BCUT2D eigenvalue weighted by molar-refractivity contribution is 8.00. The van der Waals surface area contributed by atoms with Crippen LogP contribution in [0.25, 0.3) is 72.0 Å². The molecular weight excluding hydrogens is 1130 g/mol. The molecule has 2 nitrogen and oxygen atoms in total. The molecule has 0 spiro atoms. The summed E-state index contributed by atoms with van der Waals surface area (Å²) in [5, 5.41) is 1.37. The Bertz CT molecular complexity index is 4700. The van der Waals surface area contributed by atoms with Crippen molar-refractivity contribution in [1.29, 1.82) is 0 Å². The number of benzene rings is 10. The van der Waals surface area contributed by atoms with Gasteiger partial charge in [-0.05, 0) is 195 Å². The molecule has 11 aromatic rings. The van der Waals surface area contributed by atoms with Crippen molar-refractivity contribution in [1.82, 2.24) is 4.57 Å². The van der Waals surface area contributed by atoms with Crippen molar-refractivity contribution < 1.29 is 5.48 Å². The number of rotatable bonds is 10. The molecule has 4 fully saturated rings. The van der Waals surface area contributed by atoms with Gasteiger partial charge in [0.2, 0.25) is 6.71 Å². The van der Waals surface area contributed by atoms with E-state index in [1.807, 2.05) is 11.8 Å². The van der Waals surface area contributed by atoms with Gasteiger partial charge in [0.1, 0.15) is 0 Å². The first kappa shape index (κ1) is 53.7. The molecule has 458 valence electrons. The van der Waals surface area contributed by atoms with E-state index in [0.717, 1.165) is 66.4 Å². The van der Waals surface area contributed by atoms with Gasteiger partial charge in [0, 0.05) is 48.8 Å². The second-order valence-corrected chi connectivity index (χ2v) is 30.4. The van der Waals surface area contributed by atoms with E-state index in [1.165, 1.54) is 183 Å². The second kappa shape index (κ2) is 24.3. The summed E-state index contributed by atoms with van der Waals surface area (Å²) in [5.74, 6) is 2.35. The van der Waals surface area contributed by atoms with E-state index in [0.29, 0.717) is 34.6 Å². The molecule has 3 heterocycles. The van der Waals surface area contributed by atoms with Crippen molar-refractivity contribution >= 4 is 73.7 Å². The highest BCUT2D eigenvalue weighted by Gasteiger charge is 2.43. The van der Waals surface area contributed by atoms with Crippen molar-refractivity contribution in [2.75, 3.05) is 4.90 Å². The van der Waals surface area contributed by atoms with Gasteiger partial charge in [0.05, 0.1) is 22.2 Å². The maximum Gasteiger partial charge on any atom is 0.249 e. The molecule has 0 N–H and O–H groups in total. The zero-order valence-corrected chi connectivity index (χ0v) is 55.0. The van der Waals surface area contributed by atoms with Crippen LogP contribution in [-0.4, -0.2) is 11.3 Å². The van der Waals surface area contributed by atoms with Crippen LogP contribution in [0.4, 0.5) is 17.1 Å². The number of para-hydroxylation sites is 2. The van der Waals surface area contributed by atoms with Crippen LogP contribution in [0.5, 0.6) is 0 Å². The number of hydrogen-bond donors (Lipinski definition) is 0. The Labute approximate surface area is 557 Å². The van der Waals surface area contributed by atoms with E-state index in [4.69, 9.17) is 1.37 Å². The van der Waals surface area contributed by atoms with Crippen LogP contribution < -0.4 is 21.3 Å². The number of aromatic nitrogens is 1. The van der Waals surface area contributed by atoms with E-state index in [1.54, 1.807) is 11.1 Å². The molecule has 2 aliphatic heterocycles. The summed E-state index contributed by atoms with van der Waals surface area (Å²) >= 11 is 1.86. The lowest BCUT2D eigenvalue weighted by atomic mass is 9.34. The molecule has 4 heteroatoms. The monoisotopic (exact) mass is 1220 g/mol. The summed E-state index contributed by atoms with van der Waals surface area (Å²) < 4.78 is 40.2. The van der Waals surface area contributed by atoms with Crippen molar-refractivity contribution in [3.05, 3.63) is 234 Å². The van der Waals surface area contributed by atoms with Crippen LogP contribution in [0.15, 0.2) is 216 Å². The van der Waals surface area contributed by atoms with Crippen LogP contribution in [-0.2, 0) is 5.41 Å². The van der Waals surface area contributed by atoms with Crippen LogP contribution in [0.3, 0.4) is 0 Å². The van der Waals surface area contributed by atoms with E-state index in [9.17, 15) is 4.11 Å². The second-order valence-electron chi connectivity index (χ2n) is 29.4. The smallest absolute Gasteiger partial charge is 0.249 e. The normalized spacial score (nSPS) is 18.1. The van der Waals surface area contributed by atoms with Gasteiger partial charge < -0.3 is 9.47 Å². The first-order valence-electron chi connectivity index (χ1n) is 37.4. The molecule has 4 saturated carbocycles. The largest absolute Gasteiger partial charge is 0.310 e. The molecule has 1 aromatic heterocycles. The third-order valence-corrected chi connectivity index (χ3v) is 23.8. The summed E-state index contributed by atoms with van der Waals surface area (Å²) in [4.78, 5) is 5.01. The highest BCUT2D eigenvalue weighted by Crippen LogP contribution is 2.52. The lowest BCUT2D eigenvalue weighted by Gasteiger charge is -2.42. The highest BCUT2D eigenvalue weighted by atomic mass is 32.2. The standard InChI is InChI=1S/C88H87BN2S/c1-88(2,3)72-43-45-81-77(55-72)76-37-22-23-40-80(76)90(81)73-56-83-86-85(57-73)92-84-46-42-65(71-51-68(60-29-14-6-15-30-60)48-69(52-71)61-31-16-7-17-32-61)54-79(84)89(86)78-53-64(70-49-66(58-25-10-4-11-26-58)47-67(50-70)59-27-12-5-13-28-59)41-44-82(78)91(83)87-74(62-33-18-8-19-34-62)38-24-39-75(87)63-35-20-9-21-36-63/h8-9,18-24,33-61H,4-7,10-17,25-32H2,1-3H3/i22D,23D,37D,40D. The van der Waals surface area contributed by atoms with Crippen molar-refractivity contribution in [3.8, 4) is 50.2 Å². The fourth-order valence-electron chi connectivity index (χ4n) is 17.8. The molecule has 6 aliphatic rings. The lowest BCUT2D eigenvalue weighted by molar-refractivity contribution is 0.435. The molecule has 0 radical (unpaired) electrons. The minimum Gasteiger partial charge on any atom is -0.310 e. The minimum absolute atomic E-state index is 0.0137. The van der Waals surface area contributed by atoms with Gasteiger partial charge in [0.25, 0.3) is 0 Å². The lowest BCUT2D eigenvalue weighted by Crippen LogP contribution is -2.60. The third-order valence-electron chi connectivity index (χ3n) is 22.6. The Morgan fingerprint density at radius 2 is 0.913 bits per heavy atom. The van der Waals surface area contributed by atoms with E-state index >= 15 is 0 Å². The third kappa shape index (κ3) is 10.6. The Morgan fingerprint density at radius 3 is 1.45 bits per heavy atom. The summed E-state index contributed by atoms with van der Waals surface area (Å²) in [6, 6.07) is 70.3. The number of nitrogens with zero attached hydrogens (tertiary/aromatic N) is 2. The minimum atomic E-state index is -0.230. The fraction of sp³-hybridized carbons (Fsp3) is 0.318. The van der Waals surface area contributed by atoms with Crippen LogP contribution in [0.2, 0.25) is 0 Å². The molecule has 0 amide bonds. The Kier molecular flexibility index (Phi) is 14.2. The Hall–Kier alpha value is -7.79. The SMILES string of the molecule is [2H]c1c([2H])c([2H])c2c(c1[2H])c1cc(C(C)(C)C)ccc1n2-c1cc2c3c(c1)N(c1c(-c4ccccc4)cccc1-c1ccccc1)c1ccc(-c4cc(C5CCCCC5)cc(C5CCCCC5)c4)cc1B3c1cc(-c3cc(C4CCCCC4)cc(C4CCCCC4)c3)ccc1S2. The van der Waals surface area contributed by atoms with Gasteiger partial charge in [-0.1, -0.05) is 279 Å². The Balaban J connectivity index is 0.966. The van der Waals surface area contributed by atoms with Gasteiger partial charge >= 0.3 is 0 Å². The summed E-state index contributed by atoms with van der Waals surface area (Å²) in [6.07, 6.45) is 25.9. The zero-order valence-electron chi connectivity index (χ0n) is 58.2. The molecule has 0 saturated heterocycles. The van der Waals surface area contributed by atoms with Crippen LogP contribution in [0, 0.1) is 0 Å². The zero-order chi connectivity index (χ0) is 64.9. The van der Waals surface area contributed by atoms with Gasteiger partial charge in [0.15, 0.2) is 0 Å². The first-order valence-corrected chi connectivity index (χ1v) is 36.3. The predicted molar refractivity (Wildman–Crippen MR) is 394 cm³/mol. The molecule has 17 rings (SSSR count). The molecule has 0 unspecified atom stereocenters. The van der Waals surface area contributed by atoms with Crippen LogP contribution in [0.1, 0.15) is 206 Å². The van der Waals surface area contributed by atoms with Gasteiger partial charge in [-0.15, -0.1) is 0 Å². The first-order chi connectivity index (χ1) is 46.9. The molecular formula is C88H87BN2S. The topological polar surface area (TPSA) is 8.17 Å². The molecule has 0 atom stereocenters. The molecule has 0 bridgehead atoms. The average molecular weight is 1220 g/mol. The average Bonchev–Trinajstić information content (AvgIpc) is 1.09. The predicted octanol–water partition coefficient (Wildman–Crippen LogP) is 23.7. The van der Waals surface area contributed by atoms with Crippen molar-refractivity contribution in [3.63, 3.8) is 0 Å². The molecule has 4 aliphatic carbocycles. The van der Waals surface area contributed by atoms with E-state index < -0.39 is 0 Å². The maximum atomic E-state index is 9.91. The quantitative estimate of drug-likeness (QED) is 0.126. The fourth-order valence-corrected chi connectivity index (χ4v) is 19.0. The maximum absolute atomic E-state index is 9.91.